The summed E-state index contributed by atoms with van der Waals surface area (Å²) in [7, 11) is 0. The number of ketones is 1. The summed E-state index contributed by atoms with van der Waals surface area (Å²) in [4.78, 5) is 22.7. The Bertz CT molecular complexity index is 325. The van der Waals surface area contributed by atoms with E-state index in [4.69, 9.17) is 5.11 Å². The predicted molar refractivity (Wildman–Crippen MR) is 89.9 cm³/mol. The van der Waals surface area contributed by atoms with Crippen LogP contribution >= 0.6 is 0 Å². The molecule has 1 aliphatic carbocycles. The van der Waals surface area contributed by atoms with E-state index in [0.717, 1.165) is 44.9 Å². The second-order valence-electron chi connectivity index (χ2n) is 6.92. The fraction of sp³-hybridized carbons (Fsp3) is 0.895. The number of carbonyl (C=O) groups is 2. The van der Waals surface area contributed by atoms with Crippen molar-refractivity contribution in [2.75, 3.05) is 0 Å². The minimum absolute atomic E-state index is 0.280. The van der Waals surface area contributed by atoms with Crippen molar-refractivity contribution in [2.45, 2.75) is 96.8 Å². The molecule has 1 N–H and O–H groups in total. The van der Waals surface area contributed by atoms with Crippen LogP contribution < -0.4 is 0 Å². The summed E-state index contributed by atoms with van der Waals surface area (Å²) in [6.07, 6.45) is 14.7. The van der Waals surface area contributed by atoms with Crippen LogP contribution in [0.2, 0.25) is 0 Å². The first-order valence-electron chi connectivity index (χ1n) is 9.39. The third-order valence-electron chi connectivity index (χ3n) is 5.06. The first-order valence-corrected chi connectivity index (χ1v) is 9.39. The van der Waals surface area contributed by atoms with Gasteiger partial charge in [0.25, 0.3) is 0 Å². The van der Waals surface area contributed by atoms with Crippen molar-refractivity contribution in [2.24, 2.45) is 11.8 Å². The Morgan fingerprint density at radius 3 is 2.45 bits per heavy atom. The molecule has 0 amide bonds. The van der Waals surface area contributed by atoms with Crippen LogP contribution in [0.3, 0.4) is 0 Å². The van der Waals surface area contributed by atoms with Gasteiger partial charge in [0.15, 0.2) is 0 Å². The van der Waals surface area contributed by atoms with E-state index in [1.165, 1.54) is 38.5 Å². The van der Waals surface area contributed by atoms with Crippen LogP contribution in [-0.2, 0) is 9.59 Å². The smallest absolute Gasteiger partial charge is 0.303 e. The molecular formula is C19H34O3. The molecule has 128 valence electrons. The van der Waals surface area contributed by atoms with E-state index in [2.05, 4.69) is 6.92 Å². The van der Waals surface area contributed by atoms with Gasteiger partial charge in [0.1, 0.15) is 5.78 Å². The van der Waals surface area contributed by atoms with Gasteiger partial charge in [-0.2, -0.15) is 0 Å². The van der Waals surface area contributed by atoms with Crippen molar-refractivity contribution < 1.29 is 14.7 Å². The number of carboxylic acids is 1. The number of rotatable bonds is 12. The van der Waals surface area contributed by atoms with E-state index >= 15 is 0 Å². The Kier molecular flexibility index (Phi) is 10.2. The molecule has 0 saturated heterocycles. The summed E-state index contributed by atoms with van der Waals surface area (Å²) in [6.45, 7) is 2.23. The molecule has 1 aliphatic rings. The summed E-state index contributed by atoms with van der Waals surface area (Å²) in [5.74, 6) is 0.721. The third kappa shape index (κ3) is 7.95. The van der Waals surface area contributed by atoms with Gasteiger partial charge in [-0.3, -0.25) is 9.59 Å². The number of Topliss-reactive ketones (excluding diaryl/α,β-unsaturated/α-hetero) is 1. The van der Waals surface area contributed by atoms with E-state index < -0.39 is 5.97 Å². The molecule has 2 unspecified atom stereocenters. The molecule has 0 aromatic heterocycles. The Morgan fingerprint density at radius 2 is 1.73 bits per heavy atom. The van der Waals surface area contributed by atoms with E-state index in [9.17, 15) is 9.59 Å². The summed E-state index contributed by atoms with van der Waals surface area (Å²) in [5, 5.41) is 8.62. The van der Waals surface area contributed by atoms with Crippen molar-refractivity contribution in [3.63, 3.8) is 0 Å². The number of aliphatic carboxylic acids is 1. The van der Waals surface area contributed by atoms with Crippen molar-refractivity contribution >= 4 is 11.8 Å². The van der Waals surface area contributed by atoms with Gasteiger partial charge in [0.2, 0.25) is 0 Å². The number of carboxylic acid groups (broad SMARTS) is 1. The molecule has 0 heterocycles. The molecule has 0 radical (unpaired) electrons. The van der Waals surface area contributed by atoms with Gasteiger partial charge in [-0.05, 0) is 38.0 Å². The first-order chi connectivity index (χ1) is 10.6. The predicted octanol–water partition coefficient (Wildman–Crippen LogP) is 5.37. The molecule has 1 saturated carbocycles. The maximum absolute atomic E-state index is 12.2. The number of carbonyl (C=O) groups excluding carboxylic acids is 1. The monoisotopic (exact) mass is 310 g/mol. The normalized spacial score (nSPS) is 22.0. The highest BCUT2D eigenvalue weighted by atomic mass is 16.4. The molecular weight excluding hydrogens is 276 g/mol. The van der Waals surface area contributed by atoms with E-state index in [-0.39, 0.29) is 6.42 Å². The maximum Gasteiger partial charge on any atom is 0.303 e. The summed E-state index contributed by atoms with van der Waals surface area (Å²) in [5.41, 5.74) is 0. The molecule has 0 aromatic carbocycles. The van der Waals surface area contributed by atoms with Crippen LogP contribution in [0.4, 0.5) is 0 Å². The fourth-order valence-corrected chi connectivity index (χ4v) is 3.76. The largest absolute Gasteiger partial charge is 0.481 e. The quantitative estimate of drug-likeness (QED) is 0.493. The Hall–Kier alpha value is -0.860. The number of hydrogen-bond donors (Lipinski definition) is 1. The molecule has 0 spiro atoms. The minimum atomic E-state index is -0.699. The van der Waals surface area contributed by atoms with Crippen LogP contribution in [-0.4, -0.2) is 16.9 Å². The molecule has 0 aromatic rings. The molecule has 2 atom stereocenters. The van der Waals surface area contributed by atoms with Gasteiger partial charge in [-0.15, -0.1) is 0 Å². The highest BCUT2D eigenvalue weighted by Gasteiger charge is 2.30. The topological polar surface area (TPSA) is 54.4 Å². The molecule has 1 fully saturated rings. The lowest BCUT2D eigenvalue weighted by Crippen LogP contribution is -2.28. The van der Waals surface area contributed by atoms with Crippen molar-refractivity contribution in [1.29, 1.82) is 0 Å². The van der Waals surface area contributed by atoms with Crippen LogP contribution in [0.1, 0.15) is 96.8 Å². The van der Waals surface area contributed by atoms with Gasteiger partial charge in [-0.25, -0.2) is 0 Å². The summed E-state index contributed by atoms with van der Waals surface area (Å²) < 4.78 is 0. The lowest BCUT2D eigenvalue weighted by atomic mass is 9.73. The molecule has 0 aliphatic heterocycles. The van der Waals surface area contributed by atoms with E-state index in [1.54, 1.807) is 0 Å². The molecule has 3 nitrogen and oxygen atoms in total. The molecule has 3 heteroatoms. The summed E-state index contributed by atoms with van der Waals surface area (Å²) >= 11 is 0. The van der Waals surface area contributed by atoms with E-state index in [0.29, 0.717) is 17.6 Å². The minimum Gasteiger partial charge on any atom is -0.481 e. The van der Waals surface area contributed by atoms with Crippen LogP contribution in [0, 0.1) is 11.8 Å². The zero-order valence-corrected chi connectivity index (χ0v) is 14.3. The van der Waals surface area contributed by atoms with Crippen molar-refractivity contribution in [3.05, 3.63) is 0 Å². The second kappa shape index (κ2) is 11.7. The van der Waals surface area contributed by atoms with Crippen molar-refractivity contribution in [3.8, 4) is 0 Å². The molecule has 22 heavy (non-hydrogen) atoms. The highest BCUT2D eigenvalue weighted by Crippen LogP contribution is 2.34. The molecule has 1 rings (SSSR count). The highest BCUT2D eigenvalue weighted by molar-refractivity contribution is 5.81. The number of hydrogen-bond acceptors (Lipinski definition) is 2. The van der Waals surface area contributed by atoms with Gasteiger partial charge in [-0.1, -0.05) is 51.9 Å². The average Bonchev–Trinajstić information content (AvgIpc) is 2.49. The maximum atomic E-state index is 12.2. The van der Waals surface area contributed by atoms with E-state index in [1.807, 2.05) is 0 Å². The Balaban J connectivity index is 2.23. The Morgan fingerprint density at radius 1 is 1.05 bits per heavy atom. The molecule has 0 bridgehead atoms. The van der Waals surface area contributed by atoms with Gasteiger partial charge < -0.3 is 5.11 Å². The first kappa shape index (κ1) is 19.2. The van der Waals surface area contributed by atoms with Crippen LogP contribution in [0.15, 0.2) is 0 Å². The van der Waals surface area contributed by atoms with Crippen LogP contribution in [0.25, 0.3) is 0 Å². The van der Waals surface area contributed by atoms with Crippen LogP contribution in [0.5, 0.6) is 0 Å². The van der Waals surface area contributed by atoms with Gasteiger partial charge in [0.05, 0.1) is 0 Å². The van der Waals surface area contributed by atoms with Gasteiger partial charge in [0, 0.05) is 18.8 Å². The second-order valence-corrected chi connectivity index (χ2v) is 6.92. The third-order valence-corrected chi connectivity index (χ3v) is 5.06. The SMILES string of the molecule is CCCCCCC1CCCC(=O)C1CCCCCCC(=O)O. The lowest BCUT2D eigenvalue weighted by molar-refractivity contribution is -0.137. The van der Waals surface area contributed by atoms with Gasteiger partial charge >= 0.3 is 5.97 Å². The Labute approximate surface area is 135 Å². The zero-order valence-electron chi connectivity index (χ0n) is 14.3. The lowest BCUT2D eigenvalue weighted by Gasteiger charge is -2.30. The van der Waals surface area contributed by atoms with Crippen molar-refractivity contribution in [1.82, 2.24) is 0 Å². The fourth-order valence-electron chi connectivity index (χ4n) is 3.76. The average molecular weight is 310 g/mol. The standard InChI is InChI=1S/C19H34O3/c1-2-3-4-7-11-16-12-10-14-18(20)17(16)13-8-5-6-9-15-19(21)22/h16-17H,2-15H2,1H3,(H,21,22). The zero-order chi connectivity index (χ0) is 16.2. The summed E-state index contributed by atoms with van der Waals surface area (Å²) in [6, 6.07) is 0. The number of unbranched alkanes of at least 4 members (excludes halogenated alkanes) is 6.